The third-order valence-electron chi connectivity index (χ3n) is 3.09. The molecule has 0 amide bonds. The summed E-state index contributed by atoms with van der Waals surface area (Å²) in [5, 5.41) is 20.6. The number of pyridine rings is 1. The predicted molar refractivity (Wildman–Crippen MR) is 61.2 cm³/mol. The van der Waals surface area contributed by atoms with Crippen LogP contribution in [-0.2, 0) is 5.41 Å². The van der Waals surface area contributed by atoms with Gasteiger partial charge in [0.15, 0.2) is 0 Å². The minimum absolute atomic E-state index is 0.0206. The molecule has 1 unspecified atom stereocenters. The van der Waals surface area contributed by atoms with E-state index in [1.54, 1.807) is 6.92 Å². The maximum atomic E-state index is 10.9. The molecule has 1 fully saturated rings. The van der Waals surface area contributed by atoms with Gasteiger partial charge in [-0.05, 0) is 35.7 Å². The minimum atomic E-state index is -0.611. The van der Waals surface area contributed by atoms with Gasteiger partial charge in [0.25, 0.3) is 5.69 Å². The lowest BCUT2D eigenvalue weighted by molar-refractivity contribution is -0.386. The molecule has 86 valence electrons. The van der Waals surface area contributed by atoms with Crippen LogP contribution in [0.4, 0.5) is 5.69 Å². The van der Waals surface area contributed by atoms with Gasteiger partial charge in [0.05, 0.1) is 11.0 Å². The number of aliphatic hydroxyl groups excluding tert-OH is 1. The largest absolute Gasteiger partial charge is 0.392 e. The van der Waals surface area contributed by atoms with E-state index >= 15 is 0 Å². The Kier molecular flexibility index (Phi) is 2.71. The molecule has 1 aromatic rings. The zero-order valence-electron chi connectivity index (χ0n) is 8.68. The van der Waals surface area contributed by atoms with E-state index in [9.17, 15) is 15.2 Å². The molecule has 1 N–H and O–H groups in total. The molecule has 1 saturated carbocycles. The number of aromatic nitrogens is 1. The summed E-state index contributed by atoms with van der Waals surface area (Å²) in [5.74, 6) is 0. The maximum absolute atomic E-state index is 10.9. The van der Waals surface area contributed by atoms with E-state index in [0.29, 0.717) is 10.2 Å². The van der Waals surface area contributed by atoms with Crippen LogP contribution in [0.3, 0.4) is 0 Å². The molecule has 1 heterocycles. The van der Waals surface area contributed by atoms with Gasteiger partial charge in [0.2, 0.25) is 0 Å². The van der Waals surface area contributed by atoms with Crippen LogP contribution in [0.2, 0.25) is 0 Å². The van der Waals surface area contributed by atoms with Crippen LogP contribution in [0.15, 0.2) is 16.7 Å². The fraction of sp³-hybridized carbons (Fsp3) is 0.500. The number of nitrogens with zero attached hydrogens (tertiary/aromatic N) is 2. The van der Waals surface area contributed by atoms with Gasteiger partial charge in [0.1, 0.15) is 5.69 Å². The number of aliphatic hydroxyl groups is 1. The molecule has 0 spiro atoms. The van der Waals surface area contributed by atoms with Crippen molar-refractivity contribution >= 4 is 21.6 Å². The molecule has 6 heteroatoms. The van der Waals surface area contributed by atoms with E-state index in [1.165, 1.54) is 12.3 Å². The Morgan fingerprint density at radius 3 is 2.75 bits per heavy atom. The summed E-state index contributed by atoms with van der Waals surface area (Å²) in [7, 11) is 0. The molecule has 16 heavy (non-hydrogen) atoms. The van der Waals surface area contributed by atoms with Crippen LogP contribution in [0.5, 0.6) is 0 Å². The highest BCUT2D eigenvalue weighted by Crippen LogP contribution is 2.52. The molecule has 5 nitrogen and oxygen atoms in total. The normalized spacial score (nSPS) is 19.2. The number of rotatable bonds is 3. The van der Waals surface area contributed by atoms with E-state index < -0.39 is 16.4 Å². The summed E-state index contributed by atoms with van der Waals surface area (Å²) >= 11 is 3.16. The van der Waals surface area contributed by atoms with E-state index in [1.807, 2.05) is 0 Å². The van der Waals surface area contributed by atoms with Gasteiger partial charge in [-0.25, -0.2) is 0 Å². The SMILES string of the molecule is CC(O)C1(c2ncc(Br)cc2[N+](=O)[O-])CC1. The van der Waals surface area contributed by atoms with Crippen LogP contribution in [-0.4, -0.2) is 21.1 Å². The summed E-state index contributed by atoms with van der Waals surface area (Å²) in [6.07, 6.45) is 2.42. The lowest BCUT2D eigenvalue weighted by Crippen LogP contribution is -2.24. The van der Waals surface area contributed by atoms with Crippen LogP contribution >= 0.6 is 15.9 Å². The van der Waals surface area contributed by atoms with Crippen LogP contribution in [0, 0.1) is 10.1 Å². The van der Waals surface area contributed by atoms with Crippen molar-refractivity contribution in [2.45, 2.75) is 31.3 Å². The zero-order chi connectivity index (χ0) is 11.9. The van der Waals surface area contributed by atoms with E-state index in [0.717, 1.165) is 12.8 Å². The quantitative estimate of drug-likeness (QED) is 0.682. The molecule has 1 atom stereocenters. The topological polar surface area (TPSA) is 76.3 Å². The van der Waals surface area contributed by atoms with Crippen molar-refractivity contribution in [1.29, 1.82) is 0 Å². The van der Waals surface area contributed by atoms with Gasteiger partial charge in [-0.1, -0.05) is 0 Å². The highest BCUT2D eigenvalue weighted by molar-refractivity contribution is 9.10. The van der Waals surface area contributed by atoms with Crippen molar-refractivity contribution in [3.05, 3.63) is 32.5 Å². The lowest BCUT2D eigenvalue weighted by atomic mass is 9.94. The number of hydrogen-bond acceptors (Lipinski definition) is 4. The molecule has 0 saturated heterocycles. The number of hydrogen-bond donors (Lipinski definition) is 1. The summed E-state index contributed by atoms with van der Waals surface area (Å²) in [6.45, 7) is 1.65. The van der Waals surface area contributed by atoms with Gasteiger partial charge in [0, 0.05) is 22.2 Å². The monoisotopic (exact) mass is 286 g/mol. The standard InChI is InChI=1S/C10H11BrN2O3/c1-6(14)10(2-3-10)9-8(13(15)16)4-7(11)5-12-9/h4-6,14H,2-3H2,1H3. The zero-order valence-corrected chi connectivity index (χ0v) is 10.3. The maximum Gasteiger partial charge on any atom is 0.292 e. The van der Waals surface area contributed by atoms with Crippen molar-refractivity contribution in [2.75, 3.05) is 0 Å². The van der Waals surface area contributed by atoms with Crippen molar-refractivity contribution in [1.82, 2.24) is 4.98 Å². The summed E-state index contributed by atoms with van der Waals surface area (Å²) in [6, 6.07) is 1.44. The smallest absolute Gasteiger partial charge is 0.292 e. The minimum Gasteiger partial charge on any atom is -0.392 e. The Morgan fingerprint density at radius 2 is 2.31 bits per heavy atom. The molecule has 2 rings (SSSR count). The first-order valence-electron chi connectivity index (χ1n) is 4.96. The van der Waals surface area contributed by atoms with Crippen molar-refractivity contribution in [3.63, 3.8) is 0 Å². The van der Waals surface area contributed by atoms with Gasteiger partial charge >= 0.3 is 0 Å². The molecular formula is C10H11BrN2O3. The van der Waals surface area contributed by atoms with Gasteiger partial charge in [-0.3, -0.25) is 15.1 Å². The van der Waals surface area contributed by atoms with Gasteiger partial charge in [-0.2, -0.15) is 0 Å². The molecule has 0 aromatic carbocycles. The first-order chi connectivity index (χ1) is 7.47. The molecule has 0 bridgehead atoms. The second kappa shape index (κ2) is 3.78. The van der Waals surface area contributed by atoms with Gasteiger partial charge < -0.3 is 5.11 Å². The van der Waals surface area contributed by atoms with Crippen molar-refractivity contribution < 1.29 is 10.0 Å². The summed E-state index contributed by atoms with van der Waals surface area (Å²) < 4.78 is 0.573. The highest BCUT2D eigenvalue weighted by Gasteiger charge is 2.53. The third kappa shape index (κ3) is 1.72. The van der Waals surface area contributed by atoms with E-state index in [-0.39, 0.29) is 5.69 Å². The number of halogens is 1. The molecule has 1 aliphatic rings. The molecular weight excluding hydrogens is 276 g/mol. The Bertz CT molecular complexity index is 444. The fourth-order valence-corrected chi connectivity index (χ4v) is 2.26. The van der Waals surface area contributed by atoms with Crippen molar-refractivity contribution in [3.8, 4) is 0 Å². The summed E-state index contributed by atoms with van der Waals surface area (Å²) in [5.41, 5.74) is -0.133. The first kappa shape index (κ1) is 11.5. The second-order valence-electron chi connectivity index (χ2n) is 4.11. The van der Waals surface area contributed by atoms with Crippen LogP contribution < -0.4 is 0 Å². The third-order valence-corrected chi connectivity index (χ3v) is 3.52. The Hall–Kier alpha value is -1.01. The predicted octanol–water partition coefficient (Wildman–Crippen LogP) is 2.16. The first-order valence-corrected chi connectivity index (χ1v) is 5.75. The average molecular weight is 287 g/mol. The Labute approximate surface area is 101 Å². The summed E-state index contributed by atoms with van der Waals surface area (Å²) in [4.78, 5) is 14.6. The van der Waals surface area contributed by atoms with E-state index in [2.05, 4.69) is 20.9 Å². The van der Waals surface area contributed by atoms with Crippen LogP contribution in [0.1, 0.15) is 25.5 Å². The van der Waals surface area contributed by atoms with Crippen molar-refractivity contribution in [2.24, 2.45) is 0 Å². The fourth-order valence-electron chi connectivity index (χ4n) is 1.94. The highest BCUT2D eigenvalue weighted by atomic mass is 79.9. The Balaban J connectivity index is 2.53. The molecule has 0 radical (unpaired) electrons. The molecule has 1 aliphatic carbocycles. The Morgan fingerprint density at radius 1 is 1.69 bits per heavy atom. The second-order valence-corrected chi connectivity index (χ2v) is 5.03. The lowest BCUT2D eigenvalue weighted by Gasteiger charge is -2.17. The van der Waals surface area contributed by atoms with Gasteiger partial charge in [-0.15, -0.1) is 0 Å². The van der Waals surface area contributed by atoms with E-state index in [4.69, 9.17) is 0 Å². The van der Waals surface area contributed by atoms with Crippen LogP contribution in [0.25, 0.3) is 0 Å². The molecule has 0 aliphatic heterocycles. The molecule has 1 aromatic heterocycles. The number of nitro groups is 1. The average Bonchev–Trinajstić information content (AvgIpc) is 2.98.